The fraction of sp³-hybridized carbons (Fsp3) is 0.643. The summed E-state index contributed by atoms with van der Waals surface area (Å²) in [5.74, 6) is 1.24. The van der Waals surface area contributed by atoms with Gasteiger partial charge in [-0.3, -0.25) is 0 Å². The summed E-state index contributed by atoms with van der Waals surface area (Å²) in [5, 5.41) is 10.7. The van der Waals surface area contributed by atoms with Crippen LogP contribution in [0.4, 0.5) is 0 Å². The minimum atomic E-state index is -0.911. The third kappa shape index (κ3) is 2.81. The molecule has 1 N–H and O–H groups in total. The molecule has 1 aliphatic carbocycles. The van der Waals surface area contributed by atoms with Gasteiger partial charge in [0.25, 0.3) is 0 Å². The molecular formula is C14H18N2O2S2. The van der Waals surface area contributed by atoms with Gasteiger partial charge in [0.15, 0.2) is 0 Å². The van der Waals surface area contributed by atoms with E-state index in [-0.39, 0.29) is 10.8 Å². The van der Waals surface area contributed by atoms with Crippen molar-refractivity contribution in [1.29, 1.82) is 0 Å². The molecule has 2 heterocycles. The molecule has 0 bridgehead atoms. The van der Waals surface area contributed by atoms with Crippen LogP contribution in [0.5, 0.6) is 0 Å². The average molecular weight is 310 g/mol. The van der Waals surface area contributed by atoms with Crippen LogP contribution in [0.2, 0.25) is 0 Å². The zero-order chi connectivity index (χ0) is 14.3. The van der Waals surface area contributed by atoms with Crippen LogP contribution in [-0.2, 0) is 0 Å². The maximum absolute atomic E-state index is 11.2. The molecule has 2 aliphatic rings. The first-order valence-corrected chi connectivity index (χ1v) is 8.92. The molecule has 20 heavy (non-hydrogen) atoms. The Morgan fingerprint density at radius 1 is 1.35 bits per heavy atom. The van der Waals surface area contributed by atoms with E-state index in [1.54, 1.807) is 0 Å². The Hall–Kier alpha value is -0.750. The van der Waals surface area contributed by atoms with E-state index in [1.165, 1.54) is 6.20 Å². The summed E-state index contributed by atoms with van der Waals surface area (Å²) in [4.78, 5) is 20.2. The lowest BCUT2D eigenvalue weighted by Crippen LogP contribution is -2.23. The highest BCUT2D eigenvalue weighted by molar-refractivity contribution is 8.07. The lowest BCUT2D eigenvalue weighted by Gasteiger charge is -2.30. The van der Waals surface area contributed by atoms with Gasteiger partial charge in [-0.15, -0.1) is 11.8 Å². The van der Waals surface area contributed by atoms with E-state index in [4.69, 9.17) is 0 Å². The van der Waals surface area contributed by atoms with E-state index in [1.807, 2.05) is 23.5 Å². The van der Waals surface area contributed by atoms with Crippen molar-refractivity contribution in [2.75, 3.05) is 5.75 Å². The summed E-state index contributed by atoms with van der Waals surface area (Å²) < 4.78 is 0. The van der Waals surface area contributed by atoms with Gasteiger partial charge in [0.2, 0.25) is 0 Å². The van der Waals surface area contributed by atoms with Gasteiger partial charge in [0, 0.05) is 28.4 Å². The molecule has 1 aromatic rings. The van der Waals surface area contributed by atoms with Crippen LogP contribution in [0, 0.1) is 0 Å². The number of hydrogen-bond acceptors (Lipinski definition) is 5. The highest BCUT2D eigenvalue weighted by Gasteiger charge is 2.33. The summed E-state index contributed by atoms with van der Waals surface area (Å²) >= 11 is 3.86. The molecule has 1 aromatic heterocycles. The first kappa shape index (κ1) is 14.2. The number of thioether (sulfide) groups is 2. The Kier molecular flexibility index (Phi) is 3.95. The van der Waals surface area contributed by atoms with E-state index >= 15 is 0 Å². The molecule has 1 saturated carbocycles. The number of nitrogens with zero attached hydrogens (tertiary/aromatic N) is 2. The molecule has 3 rings (SSSR count). The van der Waals surface area contributed by atoms with Gasteiger partial charge in [-0.2, -0.15) is 11.8 Å². The zero-order valence-electron chi connectivity index (χ0n) is 11.6. The average Bonchev–Trinajstić information content (AvgIpc) is 3.25. The molecule has 0 aromatic carbocycles. The minimum absolute atomic E-state index is 0.283. The van der Waals surface area contributed by atoms with Gasteiger partial charge in [-0.05, 0) is 12.8 Å². The second kappa shape index (κ2) is 5.56. The van der Waals surface area contributed by atoms with Gasteiger partial charge in [-0.25, -0.2) is 14.8 Å². The van der Waals surface area contributed by atoms with Crippen molar-refractivity contribution < 1.29 is 9.90 Å². The summed E-state index contributed by atoms with van der Waals surface area (Å²) in [6, 6.07) is 0. The minimum Gasteiger partial charge on any atom is -0.478 e. The zero-order valence-corrected chi connectivity index (χ0v) is 13.2. The molecule has 108 valence electrons. The number of aromatic nitrogens is 2. The van der Waals surface area contributed by atoms with Crippen LogP contribution in [0.25, 0.3) is 0 Å². The molecule has 2 fully saturated rings. The summed E-state index contributed by atoms with van der Waals surface area (Å²) in [7, 11) is 0. The van der Waals surface area contributed by atoms with Crippen molar-refractivity contribution in [3.8, 4) is 0 Å². The monoisotopic (exact) mass is 310 g/mol. The molecule has 3 atom stereocenters. The second-order valence-corrected chi connectivity index (χ2v) is 8.47. The molecule has 4 nitrogen and oxygen atoms in total. The number of carboxylic acids is 1. The maximum Gasteiger partial charge on any atom is 0.339 e. The van der Waals surface area contributed by atoms with Crippen molar-refractivity contribution in [3.05, 3.63) is 23.3 Å². The Morgan fingerprint density at radius 2 is 2.10 bits per heavy atom. The third-order valence-corrected chi connectivity index (χ3v) is 7.26. The smallest absolute Gasteiger partial charge is 0.339 e. The van der Waals surface area contributed by atoms with Crippen LogP contribution in [-0.4, -0.2) is 37.3 Å². The molecule has 0 amide bonds. The quantitative estimate of drug-likeness (QED) is 0.923. The van der Waals surface area contributed by atoms with Crippen molar-refractivity contribution in [1.82, 2.24) is 9.97 Å². The Bertz CT molecular complexity index is 534. The van der Waals surface area contributed by atoms with E-state index in [2.05, 4.69) is 23.8 Å². The lowest BCUT2D eigenvalue weighted by atomic mass is 10.1. The maximum atomic E-state index is 11.2. The number of rotatable bonds is 3. The van der Waals surface area contributed by atoms with Gasteiger partial charge >= 0.3 is 5.97 Å². The van der Waals surface area contributed by atoms with E-state index in [9.17, 15) is 9.90 Å². The normalized spacial score (nSPS) is 30.2. The molecular weight excluding hydrogens is 292 g/mol. The van der Waals surface area contributed by atoms with Crippen molar-refractivity contribution in [2.45, 2.75) is 48.4 Å². The molecule has 1 aliphatic heterocycles. The predicted molar refractivity (Wildman–Crippen MR) is 82.7 cm³/mol. The molecule has 3 unspecified atom stereocenters. The Balaban J connectivity index is 1.87. The summed E-state index contributed by atoms with van der Waals surface area (Å²) in [5.41, 5.74) is 1.03. The van der Waals surface area contributed by atoms with Crippen molar-refractivity contribution in [3.63, 3.8) is 0 Å². The predicted octanol–water partition coefficient (Wildman–Crippen LogP) is 3.35. The van der Waals surface area contributed by atoms with Crippen LogP contribution in [0.1, 0.15) is 59.7 Å². The first-order valence-electron chi connectivity index (χ1n) is 6.93. The second-order valence-electron chi connectivity index (χ2n) is 5.47. The van der Waals surface area contributed by atoms with E-state index in [0.29, 0.717) is 16.4 Å². The highest BCUT2D eigenvalue weighted by Crippen LogP contribution is 2.45. The van der Waals surface area contributed by atoms with E-state index in [0.717, 1.165) is 30.1 Å². The Labute approximate surface area is 127 Å². The highest BCUT2D eigenvalue weighted by atomic mass is 32.2. The fourth-order valence-corrected chi connectivity index (χ4v) is 5.17. The fourth-order valence-electron chi connectivity index (χ4n) is 2.32. The summed E-state index contributed by atoms with van der Waals surface area (Å²) in [6.45, 7) is 4.49. The standard InChI is InChI=1S/C14H18N2O2S2/c1-7-8(2)20-11(6-19-7)13-15-5-10(14(17)18)12(16-13)9-3-4-9/h5,7-9,11H,3-4,6H2,1-2H3,(H,17,18). The van der Waals surface area contributed by atoms with Crippen molar-refractivity contribution >= 4 is 29.5 Å². The third-order valence-electron chi connectivity index (χ3n) is 3.87. The molecule has 6 heteroatoms. The van der Waals surface area contributed by atoms with Gasteiger partial charge < -0.3 is 5.11 Å². The van der Waals surface area contributed by atoms with Crippen LogP contribution >= 0.6 is 23.5 Å². The molecule has 0 spiro atoms. The first-order chi connectivity index (χ1) is 9.56. The number of aromatic carboxylic acids is 1. The van der Waals surface area contributed by atoms with Crippen LogP contribution in [0.15, 0.2) is 6.20 Å². The topological polar surface area (TPSA) is 63.1 Å². The molecule has 0 radical (unpaired) electrons. The van der Waals surface area contributed by atoms with Crippen molar-refractivity contribution in [2.24, 2.45) is 0 Å². The van der Waals surface area contributed by atoms with Gasteiger partial charge in [-0.1, -0.05) is 13.8 Å². The van der Waals surface area contributed by atoms with Gasteiger partial charge in [0.05, 0.1) is 16.5 Å². The molecule has 1 saturated heterocycles. The van der Waals surface area contributed by atoms with Gasteiger partial charge in [0.1, 0.15) is 5.82 Å². The number of carbonyl (C=O) groups is 1. The SMILES string of the molecule is CC1SCC(c2ncc(C(=O)O)c(C3CC3)n2)SC1C. The van der Waals surface area contributed by atoms with Crippen LogP contribution in [0.3, 0.4) is 0 Å². The number of carboxylic acid groups (broad SMARTS) is 1. The largest absolute Gasteiger partial charge is 0.478 e. The Morgan fingerprint density at radius 3 is 2.70 bits per heavy atom. The lowest BCUT2D eigenvalue weighted by molar-refractivity contribution is 0.0694. The summed E-state index contributed by atoms with van der Waals surface area (Å²) in [6.07, 6.45) is 3.61. The van der Waals surface area contributed by atoms with Crippen LogP contribution < -0.4 is 0 Å². The van der Waals surface area contributed by atoms with E-state index < -0.39 is 5.97 Å². The number of hydrogen-bond donors (Lipinski definition) is 1.